The van der Waals surface area contributed by atoms with Crippen molar-refractivity contribution in [2.24, 2.45) is 10.7 Å². The monoisotopic (exact) mass is 238 g/mol. The molecule has 0 atom stereocenters. The molecule has 1 heterocycles. The number of rotatable bonds is 1. The topological polar surface area (TPSA) is 70.7 Å². The van der Waals surface area contributed by atoms with Crippen LogP contribution in [0.25, 0.3) is 0 Å². The summed E-state index contributed by atoms with van der Waals surface area (Å²) in [6.07, 6.45) is 0. The van der Waals surface area contributed by atoms with Gasteiger partial charge >= 0.3 is 6.03 Å². The van der Waals surface area contributed by atoms with Gasteiger partial charge in [0.25, 0.3) is 0 Å². The molecule has 5 nitrogen and oxygen atoms in total. The Morgan fingerprint density at radius 1 is 1.56 bits per heavy atom. The molecule has 84 valence electrons. The first-order valence-corrected chi connectivity index (χ1v) is 5.18. The number of hydrogen-bond donors (Lipinski definition) is 2. The molecule has 2 amide bonds. The average molecular weight is 239 g/mol. The number of halogens is 1. The van der Waals surface area contributed by atoms with Crippen molar-refractivity contribution in [2.75, 3.05) is 18.4 Å². The highest BCUT2D eigenvalue weighted by Crippen LogP contribution is 2.15. The summed E-state index contributed by atoms with van der Waals surface area (Å²) in [5, 5.41) is 3.27. The molecule has 2 rings (SSSR count). The Labute approximate surface area is 97.9 Å². The third-order valence-corrected chi connectivity index (χ3v) is 2.43. The molecule has 0 saturated carbocycles. The lowest BCUT2D eigenvalue weighted by Crippen LogP contribution is -2.41. The third kappa shape index (κ3) is 2.25. The fraction of sp³-hybridized carbons (Fsp3) is 0.200. The Morgan fingerprint density at radius 2 is 2.38 bits per heavy atom. The summed E-state index contributed by atoms with van der Waals surface area (Å²) in [4.78, 5) is 17.1. The van der Waals surface area contributed by atoms with Crippen molar-refractivity contribution in [3.8, 4) is 0 Å². The molecule has 1 aliphatic rings. The molecule has 0 unspecified atom stereocenters. The van der Waals surface area contributed by atoms with E-state index < -0.39 is 0 Å². The maximum absolute atomic E-state index is 11.7. The van der Waals surface area contributed by atoms with Crippen molar-refractivity contribution < 1.29 is 4.79 Å². The molecule has 0 spiro atoms. The minimum atomic E-state index is -0.291. The second-order valence-corrected chi connectivity index (χ2v) is 3.77. The molecular formula is C10H11ClN4O. The van der Waals surface area contributed by atoms with Gasteiger partial charge in [-0.1, -0.05) is 17.7 Å². The summed E-state index contributed by atoms with van der Waals surface area (Å²) < 4.78 is 0. The number of aliphatic imine (C=N–C) groups is 1. The van der Waals surface area contributed by atoms with E-state index in [0.29, 0.717) is 23.8 Å². The van der Waals surface area contributed by atoms with Crippen molar-refractivity contribution in [1.29, 1.82) is 0 Å². The number of anilines is 1. The number of hydrogen-bond acceptors (Lipinski definition) is 3. The Morgan fingerprint density at radius 3 is 3.00 bits per heavy atom. The zero-order valence-electron chi connectivity index (χ0n) is 8.48. The van der Waals surface area contributed by atoms with Gasteiger partial charge in [0.15, 0.2) is 5.96 Å². The molecule has 1 aromatic carbocycles. The molecule has 1 aliphatic heterocycles. The van der Waals surface area contributed by atoms with Crippen LogP contribution in [0, 0.1) is 0 Å². The highest BCUT2D eigenvalue weighted by molar-refractivity contribution is 6.30. The molecule has 0 bridgehead atoms. The number of nitrogens with zero attached hydrogens (tertiary/aromatic N) is 2. The van der Waals surface area contributed by atoms with Crippen molar-refractivity contribution in [1.82, 2.24) is 4.90 Å². The van der Waals surface area contributed by atoms with Crippen LogP contribution in [0.4, 0.5) is 10.5 Å². The highest BCUT2D eigenvalue weighted by Gasteiger charge is 2.20. The van der Waals surface area contributed by atoms with Gasteiger partial charge in [-0.2, -0.15) is 0 Å². The maximum Gasteiger partial charge on any atom is 0.328 e. The van der Waals surface area contributed by atoms with E-state index in [-0.39, 0.29) is 12.0 Å². The Hall–Kier alpha value is -1.75. The van der Waals surface area contributed by atoms with E-state index >= 15 is 0 Å². The molecule has 0 fully saturated rings. The Bertz CT molecular complexity index is 446. The second-order valence-electron chi connectivity index (χ2n) is 3.33. The number of carbonyl (C=O) groups is 1. The molecule has 0 aliphatic carbocycles. The maximum atomic E-state index is 11.7. The Balaban J connectivity index is 2.05. The van der Waals surface area contributed by atoms with E-state index in [9.17, 15) is 4.79 Å². The van der Waals surface area contributed by atoms with E-state index in [1.54, 1.807) is 24.3 Å². The largest absolute Gasteiger partial charge is 0.369 e. The van der Waals surface area contributed by atoms with Gasteiger partial charge in [0, 0.05) is 10.7 Å². The predicted molar refractivity (Wildman–Crippen MR) is 63.7 cm³/mol. The number of amides is 2. The lowest BCUT2D eigenvalue weighted by Gasteiger charge is -2.16. The molecule has 16 heavy (non-hydrogen) atoms. The van der Waals surface area contributed by atoms with Crippen LogP contribution in [0.2, 0.25) is 5.02 Å². The van der Waals surface area contributed by atoms with Crippen LogP contribution in [0.5, 0.6) is 0 Å². The minimum absolute atomic E-state index is 0.250. The van der Waals surface area contributed by atoms with E-state index in [1.165, 1.54) is 4.90 Å². The second kappa shape index (κ2) is 4.40. The normalized spacial score (nSPS) is 14.8. The molecule has 6 heteroatoms. The summed E-state index contributed by atoms with van der Waals surface area (Å²) in [5.74, 6) is 0.250. The predicted octanol–water partition coefficient (Wildman–Crippen LogP) is 1.50. The van der Waals surface area contributed by atoms with Crippen LogP contribution in [0.1, 0.15) is 0 Å². The van der Waals surface area contributed by atoms with Gasteiger partial charge in [-0.25, -0.2) is 4.79 Å². The van der Waals surface area contributed by atoms with Gasteiger partial charge in [0.05, 0.1) is 13.1 Å². The van der Waals surface area contributed by atoms with Crippen LogP contribution in [-0.4, -0.2) is 30.0 Å². The van der Waals surface area contributed by atoms with Gasteiger partial charge in [-0.05, 0) is 18.2 Å². The molecular weight excluding hydrogens is 228 g/mol. The minimum Gasteiger partial charge on any atom is -0.369 e. The first-order chi connectivity index (χ1) is 7.66. The fourth-order valence-corrected chi connectivity index (χ4v) is 1.62. The first-order valence-electron chi connectivity index (χ1n) is 4.81. The lowest BCUT2D eigenvalue weighted by molar-refractivity contribution is 0.236. The number of carbonyl (C=O) groups excluding carboxylic acids is 1. The zero-order valence-corrected chi connectivity index (χ0v) is 9.24. The van der Waals surface area contributed by atoms with Crippen LogP contribution in [0.15, 0.2) is 29.3 Å². The number of nitrogens with one attached hydrogen (secondary N) is 1. The van der Waals surface area contributed by atoms with Crippen molar-refractivity contribution >= 4 is 29.3 Å². The highest BCUT2D eigenvalue weighted by atomic mass is 35.5. The van der Waals surface area contributed by atoms with Crippen LogP contribution in [-0.2, 0) is 0 Å². The molecule has 0 aromatic heterocycles. The fourth-order valence-electron chi connectivity index (χ4n) is 1.43. The van der Waals surface area contributed by atoms with E-state index in [4.69, 9.17) is 17.3 Å². The summed E-state index contributed by atoms with van der Waals surface area (Å²) in [7, 11) is 0. The Kier molecular flexibility index (Phi) is 2.96. The summed E-state index contributed by atoms with van der Waals surface area (Å²) >= 11 is 5.80. The summed E-state index contributed by atoms with van der Waals surface area (Å²) in [5.41, 5.74) is 6.19. The van der Waals surface area contributed by atoms with Gasteiger partial charge < -0.3 is 11.1 Å². The van der Waals surface area contributed by atoms with E-state index in [2.05, 4.69) is 10.3 Å². The molecule has 3 N–H and O–H groups in total. The van der Waals surface area contributed by atoms with Crippen LogP contribution in [0.3, 0.4) is 0 Å². The number of benzene rings is 1. The lowest BCUT2D eigenvalue weighted by atomic mass is 10.3. The van der Waals surface area contributed by atoms with Crippen LogP contribution >= 0.6 is 11.6 Å². The van der Waals surface area contributed by atoms with Gasteiger partial charge in [0.1, 0.15) is 0 Å². The smallest absolute Gasteiger partial charge is 0.328 e. The third-order valence-electron chi connectivity index (χ3n) is 2.19. The van der Waals surface area contributed by atoms with Crippen LogP contribution < -0.4 is 11.1 Å². The summed E-state index contributed by atoms with van der Waals surface area (Å²) in [6, 6.07) is 6.64. The number of nitrogens with two attached hydrogens (primary N) is 1. The molecule has 1 aromatic rings. The summed E-state index contributed by atoms with van der Waals surface area (Å²) in [6.45, 7) is 1.06. The number of guanidine groups is 1. The van der Waals surface area contributed by atoms with Gasteiger partial charge in [0.2, 0.25) is 0 Å². The first kappa shape index (κ1) is 10.8. The number of urea groups is 1. The zero-order chi connectivity index (χ0) is 11.5. The quantitative estimate of drug-likeness (QED) is 0.778. The van der Waals surface area contributed by atoms with Gasteiger partial charge in [-0.15, -0.1) is 0 Å². The van der Waals surface area contributed by atoms with Crippen molar-refractivity contribution in [3.05, 3.63) is 29.3 Å². The van der Waals surface area contributed by atoms with Crippen molar-refractivity contribution in [3.63, 3.8) is 0 Å². The SMILES string of the molecule is NC1=NCCN1C(=O)Nc1cccc(Cl)c1. The van der Waals surface area contributed by atoms with E-state index in [1.807, 2.05) is 0 Å². The van der Waals surface area contributed by atoms with E-state index in [0.717, 1.165) is 0 Å². The average Bonchev–Trinajstić information content (AvgIpc) is 2.64. The molecule has 0 saturated heterocycles. The molecule has 0 radical (unpaired) electrons. The standard InChI is InChI=1S/C10H11ClN4O/c11-7-2-1-3-8(6-7)14-10(16)15-5-4-13-9(15)12/h1-3,6H,4-5H2,(H2,12,13)(H,14,16). The van der Waals surface area contributed by atoms with Gasteiger partial charge in [-0.3, -0.25) is 9.89 Å². The van der Waals surface area contributed by atoms with Crippen molar-refractivity contribution in [2.45, 2.75) is 0 Å².